The van der Waals surface area contributed by atoms with E-state index in [9.17, 15) is 0 Å². The van der Waals surface area contributed by atoms with Crippen LogP contribution in [0.15, 0.2) is 61.7 Å². The van der Waals surface area contributed by atoms with Crippen molar-refractivity contribution in [2.24, 2.45) is 4.99 Å². The molecule has 176 valence electrons. The van der Waals surface area contributed by atoms with Crippen LogP contribution in [0.4, 0.5) is 28.8 Å². The number of H-pyrrole nitrogens is 3. The molecule has 11 nitrogen and oxygen atoms in total. The normalized spacial score (nSPS) is 11.9. The number of anilines is 4. The first-order valence-corrected chi connectivity index (χ1v) is 11.0. The molecule has 0 amide bonds. The minimum absolute atomic E-state index is 0.431. The van der Waals surface area contributed by atoms with E-state index in [2.05, 4.69) is 53.4 Å². The molecule has 11 heteroatoms. The van der Waals surface area contributed by atoms with Crippen LogP contribution in [0.1, 0.15) is 11.1 Å². The summed E-state index contributed by atoms with van der Waals surface area (Å²) in [5.74, 6) is 1.60. The largest absolute Gasteiger partial charge is 0.395 e. The van der Waals surface area contributed by atoms with Gasteiger partial charge in [0.05, 0.1) is 34.8 Å². The van der Waals surface area contributed by atoms with Gasteiger partial charge in [0.2, 0.25) is 0 Å². The molecule has 0 saturated carbocycles. The van der Waals surface area contributed by atoms with Crippen LogP contribution >= 0.6 is 0 Å². The molecule has 0 aliphatic heterocycles. The summed E-state index contributed by atoms with van der Waals surface area (Å²) in [4.78, 5) is 31.8. The average molecular weight is 476 g/mol. The number of hydrogen-bond donors (Lipinski definition) is 6. The zero-order valence-electron chi connectivity index (χ0n) is 19.0. The maximum absolute atomic E-state index is 6.45. The molecule has 0 unspecified atom stereocenters. The second-order valence-electron chi connectivity index (χ2n) is 8.08. The van der Waals surface area contributed by atoms with Gasteiger partial charge in [-0.2, -0.15) is 0 Å². The number of fused-ring (bicyclic) bond motifs is 3. The third kappa shape index (κ3) is 3.18. The first kappa shape index (κ1) is 21.1. The Labute approximate surface area is 203 Å². The molecule has 6 rings (SSSR count). The summed E-state index contributed by atoms with van der Waals surface area (Å²) in [6, 6.07) is 0. The lowest BCUT2D eigenvalue weighted by atomic mass is 10.1. The Morgan fingerprint density at radius 2 is 1.50 bits per heavy atom. The second-order valence-corrected chi connectivity index (χ2v) is 8.08. The van der Waals surface area contributed by atoms with Gasteiger partial charge in [-0.25, -0.2) is 15.0 Å². The van der Waals surface area contributed by atoms with Gasteiger partial charge >= 0.3 is 0 Å². The zero-order chi connectivity index (χ0) is 24.8. The first-order valence-electron chi connectivity index (χ1n) is 11.0. The van der Waals surface area contributed by atoms with Crippen LogP contribution in [-0.4, -0.2) is 34.9 Å². The number of nitrogens with zero attached hydrogens (tertiary/aromatic N) is 5. The van der Waals surface area contributed by atoms with Crippen LogP contribution < -0.4 is 22.3 Å². The third-order valence-electron chi connectivity index (χ3n) is 6.04. The van der Waals surface area contributed by atoms with Crippen molar-refractivity contribution in [3.8, 4) is 0 Å². The number of nitrogen functional groups attached to an aromatic ring is 2. The fourth-order valence-corrected chi connectivity index (χ4v) is 4.32. The van der Waals surface area contributed by atoms with E-state index in [1.807, 2.05) is 6.20 Å². The SMILES string of the molecule is C=Cc1cncc2[nH]c(/N=c3\ncnc(Nc4[nH]c5cncc(C=C)c5c4N)c4c[nH]cc34)c(N)c12. The van der Waals surface area contributed by atoms with E-state index in [0.717, 1.165) is 43.7 Å². The predicted molar refractivity (Wildman–Crippen MR) is 144 cm³/mol. The van der Waals surface area contributed by atoms with Crippen LogP contribution in [-0.2, 0) is 0 Å². The Kier molecular flexibility index (Phi) is 4.75. The highest BCUT2D eigenvalue weighted by atomic mass is 15.1. The van der Waals surface area contributed by atoms with Crippen molar-refractivity contribution in [3.63, 3.8) is 0 Å². The molecule has 0 aliphatic rings. The highest BCUT2D eigenvalue weighted by Crippen LogP contribution is 2.35. The van der Waals surface area contributed by atoms with Gasteiger partial charge in [0.15, 0.2) is 11.3 Å². The molecule has 0 aliphatic carbocycles. The highest BCUT2D eigenvalue weighted by molar-refractivity contribution is 6.05. The van der Waals surface area contributed by atoms with E-state index >= 15 is 0 Å². The molecule has 8 N–H and O–H groups in total. The molecule has 0 aromatic carbocycles. The summed E-state index contributed by atoms with van der Waals surface area (Å²) in [7, 11) is 0. The molecule has 0 fully saturated rings. The fraction of sp³-hybridized carbons (Fsp3) is 0. The molecule has 0 saturated heterocycles. The summed E-state index contributed by atoms with van der Waals surface area (Å²) in [6.07, 6.45) is 15.3. The van der Waals surface area contributed by atoms with Crippen LogP contribution in [0.5, 0.6) is 0 Å². The Bertz CT molecular complexity index is 1890. The summed E-state index contributed by atoms with van der Waals surface area (Å²) >= 11 is 0. The Hall–Kier alpha value is -5.45. The molecular formula is C25H21N11. The maximum Gasteiger partial charge on any atom is 0.165 e. The molecule has 6 aromatic heterocycles. The lowest BCUT2D eigenvalue weighted by Crippen LogP contribution is -2.04. The Morgan fingerprint density at radius 1 is 0.833 bits per heavy atom. The van der Waals surface area contributed by atoms with E-state index in [1.54, 1.807) is 43.1 Å². The molecule has 0 spiro atoms. The Morgan fingerprint density at radius 3 is 2.22 bits per heavy atom. The smallest absolute Gasteiger partial charge is 0.165 e. The van der Waals surface area contributed by atoms with Gasteiger partial charge in [0.25, 0.3) is 0 Å². The first-order chi connectivity index (χ1) is 17.6. The topological polar surface area (TPSA) is 175 Å². The van der Waals surface area contributed by atoms with Crippen LogP contribution in [0, 0.1) is 0 Å². The molecule has 0 atom stereocenters. The van der Waals surface area contributed by atoms with Gasteiger partial charge in [-0.1, -0.05) is 25.3 Å². The van der Waals surface area contributed by atoms with Crippen molar-refractivity contribution >= 4 is 73.6 Å². The van der Waals surface area contributed by atoms with Crippen LogP contribution in [0.3, 0.4) is 0 Å². The maximum atomic E-state index is 6.45. The second kappa shape index (κ2) is 8.09. The summed E-state index contributed by atoms with van der Waals surface area (Å²) in [5, 5.41) is 6.44. The summed E-state index contributed by atoms with van der Waals surface area (Å²) < 4.78 is 0. The number of nitrogens with one attached hydrogen (secondary N) is 4. The number of hydrogen-bond acceptors (Lipinski definition) is 8. The quantitative estimate of drug-likeness (QED) is 0.217. The lowest BCUT2D eigenvalue weighted by Gasteiger charge is -2.03. The molecular weight excluding hydrogens is 454 g/mol. The number of aromatic nitrogens is 7. The van der Waals surface area contributed by atoms with E-state index in [-0.39, 0.29) is 0 Å². The van der Waals surface area contributed by atoms with Crippen LogP contribution in [0.2, 0.25) is 0 Å². The highest BCUT2D eigenvalue weighted by Gasteiger charge is 2.15. The number of pyridine rings is 2. The number of nitrogens with two attached hydrogens (primary N) is 2. The van der Waals surface area contributed by atoms with Gasteiger partial charge < -0.3 is 31.7 Å². The van der Waals surface area contributed by atoms with Crippen molar-refractivity contribution in [2.75, 3.05) is 16.8 Å². The van der Waals surface area contributed by atoms with Crippen molar-refractivity contribution < 1.29 is 0 Å². The third-order valence-corrected chi connectivity index (χ3v) is 6.04. The van der Waals surface area contributed by atoms with E-state index in [1.165, 1.54) is 6.33 Å². The molecule has 0 bridgehead atoms. The average Bonchev–Trinajstić information content (AvgIpc) is 3.56. The summed E-state index contributed by atoms with van der Waals surface area (Å²) in [6.45, 7) is 7.69. The monoisotopic (exact) mass is 475 g/mol. The van der Waals surface area contributed by atoms with E-state index < -0.39 is 0 Å². The molecule has 6 aromatic rings. The standard InChI is InChI=1S/C25H21N11/c1-3-12-5-28-9-16-18(12)20(26)24(33-16)35-22-14-7-30-8-15(14)23(32-11-31-22)36-25-21(27)19-13(4-2)6-29-10-17(19)34-25/h3-11,30,33-34H,1-2,26-27H2,(H,31,32,35,36). The van der Waals surface area contributed by atoms with Crippen molar-refractivity contribution in [3.05, 3.63) is 73.3 Å². The molecule has 36 heavy (non-hydrogen) atoms. The lowest BCUT2D eigenvalue weighted by molar-refractivity contribution is 1.12. The van der Waals surface area contributed by atoms with Crippen molar-refractivity contribution in [1.82, 2.24) is 34.9 Å². The number of rotatable bonds is 5. The fourth-order valence-electron chi connectivity index (χ4n) is 4.32. The van der Waals surface area contributed by atoms with Gasteiger partial charge in [0.1, 0.15) is 18.0 Å². The van der Waals surface area contributed by atoms with Crippen molar-refractivity contribution in [2.45, 2.75) is 0 Å². The molecule has 6 heterocycles. The summed E-state index contributed by atoms with van der Waals surface area (Å²) in [5.41, 5.74) is 17.5. The van der Waals surface area contributed by atoms with Gasteiger partial charge in [0, 0.05) is 57.5 Å². The Balaban J connectivity index is 1.50. The van der Waals surface area contributed by atoms with Crippen LogP contribution in [0.25, 0.3) is 44.7 Å². The number of aromatic amines is 3. The van der Waals surface area contributed by atoms with E-state index in [0.29, 0.717) is 34.3 Å². The minimum atomic E-state index is 0.431. The van der Waals surface area contributed by atoms with Gasteiger partial charge in [-0.05, 0) is 0 Å². The zero-order valence-corrected chi connectivity index (χ0v) is 19.0. The van der Waals surface area contributed by atoms with Crippen molar-refractivity contribution in [1.29, 1.82) is 0 Å². The minimum Gasteiger partial charge on any atom is -0.395 e. The van der Waals surface area contributed by atoms with Gasteiger partial charge in [-0.3, -0.25) is 9.97 Å². The van der Waals surface area contributed by atoms with Gasteiger partial charge in [-0.15, -0.1) is 0 Å². The predicted octanol–water partition coefficient (Wildman–Crippen LogP) is 4.14. The van der Waals surface area contributed by atoms with E-state index in [4.69, 9.17) is 16.5 Å². The molecule has 0 radical (unpaired) electrons.